The fourth-order valence-electron chi connectivity index (χ4n) is 2.84. The van der Waals surface area contributed by atoms with E-state index in [-0.39, 0.29) is 5.91 Å². The number of carbonyl (C=O) groups excluding carboxylic acids is 1. The van der Waals surface area contributed by atoms with Crippen LogP contribution in [-0.2, 0) is 17.8 Å². The SMILES string of the molecule is CSc1nc(SCC(=O)Nc2nccs2)c2c3c(sc2n1)CN(C)CC3. The van der Waals surface area contributed by atoms with Gasteiger partial charge in [0.15, 0.2) is 10.3 Å². The molecule has 0 aromatic carbocycles. The van der Waals surface area contributed by atoms with Gasteiger partial charge >= 0.3 is 0 Å². The van der Waals surface area contributed by atoms with E-state index in [0.29, 0.717) is 10.9 Å². The Kier molecular flexibility index (Phi) is 5.46. The van der Waals surface area contributed by atoms with Gasteiger partial charge in [-0.25, -0.2) is 15.0 Å². The first-order valence-corrected chi connectivity index (χ1v) is 11.9. The number of anilines is 1. The minimum absolute atomic E-state index is 0.0637. The highest BCUT2D eigenvalue weighted by Gasteiger charge is 2.23. The van der Waals surface area contributed by atoms with Gasteiger partial charge in [0.25, 0.3) is 0 Å². The molecule has 1 N–H and O–H groups in total. The van der Waals surface area contributed by atoms with Gasteiger partial charge in [0.2, 0.25) is 5.91 Å². The van der Waals surface area contributed by atoms with Gasteiger partial charge in [0.1, 0.15) is 9.86 Å². The molecular formula is C16H17N5OS4. The number of likely N-dealkylation sites (N-methyl/N-ethyl adjacent to an activating group) is 1. The molecule has 1 aliphatic heterocycles. The van der Waals surface area contributed by atoms with Gasteiger partial charge in [0.05, 0.1) is 5.75 Å². The zero-order valence-corrected chi connectivity index (χ0v) is 17.6. The fraction of sp³-hybridized carbons (Fsp3) is 0.375. The Hall–Kier alpha value is -1.20. The molecule has 0 saturated carbocycles. The number of thioether (sulfide) groups is 2. The summed E-state index contributed by atoms with van der Waals surface area (Å²) < 4.78 is 0. The summed E-state index contributed by atoms with van der Waals surface area (Å²) in [6.07, 6.45) is 4.67. The second kappa shape index (κ2) is 7.81. The summed E-state index contributed by atoms with van der Waals surface area (Å²) >= 11 is 6.19. The molecule has 0 radical (unpaired) electrons. The van der Waals surface area contributed by atoms with E-state index in [1.165, 1.54) is 45.3 Å². The van der Waals surface area contributed by atoms with Crippen molar-refractivity contribution in [1.82, 2.24) is 19.9 Å². The minimum atomic E-state index is -0.0637. The third-order valence-electron chi connectivity index (χ3n) is 4.04. The van der Waals surface area contributed by atoms with Crippen LogP contribution in [0.5, 0.6) is 0 Å². The van der Waals surface area contributed by atoms with Crippen molar-refractivity contribution in [3.63, 3.8) is 0 Å². The van der Waals surface area contributed by atoms with Gasteiger partial charge in [-0.2, -0.15) is 0 Å². The number of hydrogen-bond donors (Lipinski definition) is 1. The van der Waals surface area contributed by atoms with E-state index in [4.69, 9.17) is 9.97 Å². The molecule has 0 atom stereocenters. The highest BCUT2D eigenvalue weighted by Crippen LogP contribution is 2.39. The maximum absolute atomic E-state index is 12.2. The normalized spacial score (nSPS) is 14.5. The maximum Gasteiger partial charge on any atom is 0.236 e. The predicted octanol–water partition coefficient (Wildman–Crippen LogP) is 3.59. The van der Waals surface area contributed by atoms with E-state index in [9.17, 15) is 4.79 Å². The molecule has 0 unspecified atom stereocenters. The molecule has 0 bridgehead atoms. The molecule has 1 aliphatic rings. The Morgan fingerprint density at radius 2 is 2.31 bits per heavy atom. The van der Waals surface area contributed by atoms with Crippen LogP contribution in [0.2, 0.25) is 0 Å². The number of aromatic nitrogens is 3. The molecule has 6 nitrogen and oxygen atoms in total. The first-order valence-electron chi connectivity index (χ1n) is 8.01. The van der Waals surface area contributed by atoms with Crippen molar-refractivity contribution in [2.24, 2.45) is 0 Å². The Labute approximate surface area is 167 Å². The number of carbonyl (C=O) groups is 1. The van der Waals surface area contributed by atoms with E-state index >= 15 is 0 Å². The molecule has 1 amide bonds. The third-order valence-corrected chi connectivity index (χ3v) is 7.36. The molecule has 0 fully saturated rings. The van der Waals surface area contributed by atoms with Crippen LogP contribution in [0.3, 0.4) is 0 Å². The van der Waals surface area contributed by atoms with E-state index in [1.54, 1.807) is 17.5 Å². The highest BCUT2D eigenvalue weighted by molar-refractivity contribution is 8.00. The topological polar surface area (TPSA) is 71.0 Å². The molecule has 26 heavy (non-hydrogen) atoms. The summed E-state index contributed by atoms with van der Waals surface area (Å²) in [5.74, 6) is 0.246. The summed E-state index contributed by atoms with van der Waals surface area (Å²) in [6.45, 7) is 2.00. The second-order valence-electron chi connectivity index (χ2n) is 5.86. The smallest absolute Gasteiger partial charge is 0.236 e. The van der Waals surface area contributed by atoms with Gasteiger partial charge in [-0.15, -0.1) is 22.7 Å². The van der Waals surface area contributed by atoms with Crippen molar-refractivity contribution in [1.29, 1.82) is 0 Å². The van der Waals surface area contributed by atoms with Crippen molar-refractivity contribution in [3.05, 3.63) is 22.0 Å². The fourth-order valence-corrected chi connectivity index (χ4v) is 6.09. The first kappa shape index (κ1) is 18.2. The molecule has 0 saturated heterocycles. The summed E-state index contributed by atoms with van der Waals surface area (Å²) in [4.78, 5) is 30.5. The van der Waals surface area contributed by atoms with Crippen LogP contribution in [0.15, 0.2) is 21.8 Å². The summed E-state index contributed by atoms with van der Waals surface area (Å²) in [5.41, 5.74) is 1.36. The number of amides is 1. The van der Waals surface area contributed by atoms with Gasteiger partial charge in [-0.3, -0.25) is 4.79 Å². The minimum Gasteiger partial charge on any atom is -0.301 e. The monoisotopic (exact) mass is 423 g/mol. The highest BCUT2D eigenvalue weighted by atomic mass is 32.2. The van der Waals surface area contributed by atoms with E-state index in [1.807, 2.05) is 11.6 Å². The average molecular weight is 424 g/mol. The van der Waals surface area contributed by atoms with Crippen LogP contribution >= 0.6 is 46.2 Å². The Bertz CT molecular complexity index is 940. The van der Waals surface area contributed by atoms with Crippen LogP contribution < -0.4 is 5.32 Å². The number of nitrogens with zero attached hydrogens (tertiary/aromatic N) is 4. The Balaban J connectivity index is 1.61. The van der Waals surface area contributed by atoms with E-state index in [2.05, 4.69) is 22.2 Å². The largest absolute Gasteiger partial charge is 0.301 e. The Morgan fingerprint density at radius 1 is 1.42 bits per heavy atom. The number of hydrogen-bond acceptors (Lipinski definition) is 9. The lowest BCUT2D eigenvalue weighted by Crippen LogP contribution is -2.25. The molecule has 10 heteroatoms. The lowest BCUT2D eigenvalue weighted by atomic mass is 10.1. The van der Waals surface area contributed by atoms with Crippen molar-refractivity contribution < 1.29 is 4.79 Å². The number of fused-ring (bicyclic) bond motifs is 3. The summed E-state index contributed by atoms with van der Waals surface area (Å²) in [5, 5.41) is 8.11. The summed E-state index contributed by atoms with van der Waals surface area (Å²) in [7, 11) is 2.14. The molecular weight excluding hydrogens is 406 g/mol. The quantitative estimate of drug-likeness (QED) is 0.382. The Morgan fingerprint density at radius 3 is 3.08 bits per heavy atom. The van der Waals surface area contributed by atoms with Crippen LogP contribution in [-0.4, -0.2) is 51.4 Å². The van der Waals surface area contributed by atoms with Crippen molar-refractivity contribution in [2.45, 2.75) is 23.1 Å². The third kappa shape index (κ3) is 3.74. The van der Waals surface area contributed by atoms with Crippen LogP contribution in [0, 0.1) is 0 Å². The van der Waals surface area contributed by atoms with Crippen molar-refractivity contribution >= 4 is 67.5 Å². The van der Waals surface area contributed by atoms with Crippen molar-refractivity contribution in [2.75, 3.05) is 30.9 Å². The molecule has 0 spiro atoms. The molecule has 3 aromatic rings. The number of rotatable bonds is 5. The van der Waals surface area contributed by atoms with Crippen LogP contribution in [0.1, 0.15) is 10.4 Å². The standard InChI is InChI=1S/C16H17N5OS4/c1-21-5-3-9-10(7-21)26-14-12(9)13(19-16(20-14)23-2)25-8-11(22)18-15-17-4-6-24-15/h4,6H,3,5,7-8H2,1-2H3,(H,17,18,22). The predicted molar refractivity (Wildman–Crippen MR) is 111 cm³/mol. The van der Waals surface area contributed by atoms with E-state index in [0.717, 1.165) is 39.9 Å². The van der Waals surface area contributed by atoms with Crippen LogP contribution in [0.25, 0.3) is 10.2 Å². The number of thiazole rings is 1. The first-order chi connectivity index (χ1) is 12.6. The maximum atomic E-state index is 12.2. The molecule has 3 aromatic heterocycles. The number of thiophene rings is 1. The zero-order valence-electron chi connectivity index (χ0n) is 14.3. The zero-order chi connectivity index (χ0) is 18.1. The van der Waals surface area contributed by atoms with E-state index < -0.39 is 0 Å². The van der Waals surface area contributed by atoms with Gasteiger partial charge in [-0.05, 0) is 25.3 Å². The lowest BCUT2D eigenvalue weighted by molar-refractivity contribution is -0.113. The molecule has 4 rings (SSSR count). The second-order valence-corrected chi connectivity index (χ2v) is 9.58. The summed E-state index contributed by atoms with van der Waals surface area (Å²) in [6, 6.07) is 0. The van der Waals surface area contributed by atoms with Gasteiger partial charge in [-0.1, -0.05) is 23.5 Å². The number of nitrogens with one attached hydrogen (secondary N) is 1. The molecule has 136 valence electrons. The molecule has 4 heterocycles. The van der Waals surface area contributed by atoms with Crippen LogP contribution in [0.4, 0.5) is 5.13 Å². The lowest BCUT2D eigenvalue weighted by Gasteiger charge is -2.22. The molecule has 0 aliphatic carbocycles. The van der Waals surface area contributed by atoms with Crippen molar-refractivity contribution in [3.8, 4) is 0 Å². The van der Waals surface area contributed by atoms with Gasteiger partial charge < -0.3 is 10.2 Å². The average Bonchev–Trinajstić information content (AvgIpc) is 3.25. The van der Waals surface area contributed by atoms with Gasteiger partial charge in [0, 0.05) is 34.9 Å².